The van der Waals surface area contributed by atoms with E-state index in [-0.39, 0.29) is 0 Å². The highest BCUT2D eigenvalue weighted by atomic mass is 32.2. The van der Waals surface area contributed by atoms with Gasteiger partial charge in [0.05, 0.1) is 0 Å². The van der Waals surface area contributed by atoms with Crippen molar-refractivity contribution in [2.75, 3.05) is 0 Å². The Bertz CT molecular complexity index is 234. The number of carbonyl (C=O) groups is 2. The molecule has 1 saturated heterocycles. The van der Waals surface area contributed by atoms with Gasteiger partial charge in [-0.1, -0.05) is 0 Å². The molecule has 0 saturated carbocycles. The van der Waals surface area contributed by atoms with Gasteiger partial charge in [0, 0.05) is 16.5 Å². The van der Waals surface area contributed by atoms with Crippen molar-refractivity contribution in [3.05, 3.63) is 0 Å². The van der Waals surface area contributed by atoms with E-state index in [9.17, 15) is 9.59 Å². The molecule has 0 bridgehead atoms. The summed E-state index contributed by atoms with van der Waals surface area (Å²) >= 11 is 0.889. The molecule has 5 heteroatoms. The van der Waals surface area contributed by atoms with Gasteiger partial charge in [-0.05, 0) is 19.4 Å². The monoisotopic (exact) mass is 159 g/mol. The van der Waals surface area contributed by atoms with Crippen LogP contribution in [0.15, 0.2) is 0 Å². The summed E-state index contributed by atoms with van der Waals surface area (Å²) in [7, 11) is 0. The summed E-state index contributed by atoms with van der Waals surface area (Å²) < 4.78 is -0.330. The van der Waals surface area contributed by atoms with Gasteiger partial charge < -0.3 is 0 Å². The first-order valence-electron chi connectivity index (χ1n) is 2.74. The maximum atomic E-state index is 10.9. The van der Waals surface area contributed by atoms with Crippen molar-refractivity contribution in [1.82, 2.24) is 0 Å². The molecule has 10 heavy (non-hydrogen) atoms. The maximum Gasteiger partial charge on any atom is 0.483 e. The van der Waals surface area contributed by atoms with Crippen LogP contribution in [-0.4, -0.2) is 20.6 Å². The Morgan fingerprint density at radius 1 is 1.50 bits per heavy atom. The predicted octanol–water partition coefficient (Wildman–Crippen LogP) is 1.20. The lowest BCUT2D eigenvalue weighted by molar-refractivity contribution is -0.433. The second-order valence-electron chi connectivity index (χ2n) is 2.52. The molecule has 0 atom stereocenters. The highest BCUT2D eigenvalue weighted by Crippen LogP contribution is 2.33. The number of hydrogen-bond acceptors (Lipinski definition) is 4. The Kier molecular flexibility index (Phi) is 1.39. The van der Waals surface area contributed by atoms with Gasteiger partial charge in [0.15, 0.2) is 4.75 Å². The molecular formula is C5H7N2O2S+. The zero-order valence-electron chi connectivity index (χ0n) is 5.67. The zero-order chi connectivity index (χ0) is 7.94. The second-order valence-corrected chi connectivity index (χ2v) is 4.09. The number of hydrogen-bond donors (Lipinski definition) is 1. The lowest BCUT2D eigenvalue weighted by Crippen LogP contribution is -2.27. The molecule has 0 aromatic rings. The van der Waals surface area contributed by atoms with E-state index in [0.717, 1.165) is 11.8 Å². The minimum atomic E-state index is -0.737. The van der Waals surface area contributed by atoms with Crippen LogP contribution in [-0.2, 0) is 4.79 Å². The van der Waals surface area contributed by atoms with E-state index in [1.165, 1.54) is 0 Å². The molecule has 54 valence electrons. The number of thioether (sulfide) groups is 1. The number of imide groups is 1. The predicted molar refractivity (Wildman–Crippen MR) is 35.1 cm³/mol. The second kappa shape index (κ2) is 1.88. The van der Waals surface area contributed by atoms with E-state index in [0.29, 0.717) is 4.70 Å². The van der Waals surface area contributed by atoms with Crippen molar-refractivity contribution in [1.29, 1.82) is 5.53 Å². The number of rotatable bonds is 0. The zero-order valence-corrected chi connectivity index (χ0v) is 6.49. The molecule has 1 aliphatic rings. The van der Waals surface area contributed by atoms with Gasteiger partial charge in [-0.2, -0.15) is 0 Å². The van der Waals surface area contributed by atoms with Gasteiger partial charge in [0.2, 0.25) is 0 Å². The van der Waals surface area contributed by atoms with Gasteiger partial charge in [-0.15, -0.1) is 0 Å². The summed E-state index contributed by atoms with van der Waals surface area (Å²) in [6.07, 6.45) is 0. The fraction of sp³-hybridized carbons (Fsp3) is 0.600. The molecule has 1 N–H and O–H groups in total. The summed E-state index contributed by atoms with van der Waals surface area (Å²) in [4.78, 5) is 21.6. The molecule has 0 spiro atoms. The Morgan fingerprint density at radius 2 is 2.00 bits per heavy atom. The summed E-state index contributed by atoms with van der Waals surface area (Å²) in [6, 6.07) is 0. The van der Waals surface area contributed by atoms with Crippen molar-refractivity contribution in [3.8, 4) is 0 Å². The Hall–Kier alpha value is -0.710. The lowest BCUT2D eigenvalue weighted by Gasteiger charge is -2.00. The quantitative estimate of drug-likeness (QED) is 0.540. The highest BCUT2D eigenvalue weighted by Gasteiger charge is 2.53. The summed E-state index contributed by atoms with van der Waals surface area (Å²) in [5.74, 6) is -0.442. The van der Waals surface area contributed by atoms with Gasteiger partial charge in [0.25, 0.3) is 0 Å². The Labute approximate surface area is 62.1 Å². The molecule has 0 radical (unpaired) electrons. The van der Waals surface area contributed by atoms with Gasteiger partial charge in [0.1, 0.15) is 0 Å². The van der Waals surface area contributed by atoms with Crippen LogP contribution in [0.2, 0.25) is 0 Å². The first-order chi connectivity index (χ1) is 4.45. The van der Waals surface area contributed by atoms with Crippen molar-refractivity contribution >= 4 is 22.9 Å². The summed E-state index contributed by atoms with van der Waals surface area (Å²) in [5, 5.41) is -0.491. The molecule has 0 aromatic heterocycles. The first-order valence-corrected chi connectivity index (χ1v) is 3.55. The minimum Gasteiger partial charge on any atom is -0.215 e. The number of amides is 2. The van der Waals surface area contributed by atoms with Crippen LogP contribution in [0, 0.1) is 5.53 Å². The van der Waals surface area contributed by atoms with Crippen LogP contribution in [0.5, 0.6) is 0 Å². The smallest absolute Gasteiger partial charge is 0.215 e. The van der Waals surface area contributed by atoms with Gasteiger partial charge >= 0.3 is 11.1 Å². The molecule has 0 aromatic carbocycles. The van der Waals surface area contributed by atoms with E-state index in [2.05, 4.69) is 0 Å². The van der Waals surface area contributed by atoms with Crippen LogP contribution < -0.4 is 0 Å². The average molecular weight is 159 g/mol. The molecule has 1 fully saturated rings. The SMILES string of the molecule is CC1(C)SC(=O)[N+](=N)C1=O. The minimum absolute atomic E-state index is 0.407. The molecule has 1 rings (SSSR count). The Balaban J connectivity index is 3.04. The standard InChI is InChI=1S/C5H7N2O2S/c1-5(2)3(8)7(6)4(9)10-5/h6H,1-2H3/q+1. The fourth-order valence-electron chi connectivity index (χ4n) is 0.660. The van der Waals surface area contributed by atoms with Crippen LogP contribution in [0.1, 0.15) is 13.8 Å². The summed E-state index contributed by atoms with van der Waals surface area (Å²) in [6.45, 7) is 3.26. The Morgan fingerprint density at radius 3 is 2.10 bits per heavy atom. The van der Waals surface area contributed by atoms with Crippen LogP contribution in [0.3, 0.4) is 0 Å². The lowest BCUT2D eigenvalue weighted by atomic mass is 10.2. The number of nitrogens with one attached hydrogen (secondary N) is 1. The third-order valence-corrected chi connectivity index (χ3v) is 2.29. The summed E-state index contributed by atoms with van der Waals surface area (Å²) in [5.41, 5.74) is 6.91. The largest absolute Gasteiger partial charge is 0.483 e. The van der Waals surface area contributed by atoms with Gasteiger partial charge in [-0.25, -0.2) is 9.59 Å². The normalized spacial score (nSPS) is 24.0. The highest BCUT2D eigenvalue weighted by molar-refractivity contribution is 8.15. The van der Waals surface area contributed by atoms with Crippen LogP contribution in [0.25, 0.3) is 0 Å². The third-order valence-electron chi connectivity index (χ3n) is 1.24. The van der Waals surface area contributed by atoms with Crippen LogP contribution >= 0.6 is 11.8 Å². The van der Waals surface area contributed by atoms with Crippen molar-refractivity contribution in [2.24, 2.45) is 0 Å². The molecular weight excluding hydrogens is 152 g/mol. The number of carbonyl (C=O) groups excluding carboxylic acids is 2. The van der Waals surface area contributed by atoms with Crippen molar-refractivity contribution in [3.63, 3.8) is 0 Å². The van der Waals surface area contributed by atoms with Gasteiger partial charge in [-0.3, -0.25) is 0 Å². The third kappa shape index (κ3) is 0.862. The van der Waals surface area contributed by atoms with E-state index in [1.807, 2.05) is 0 Å². The first kappa shape index (κ1) is 7.40. The molecule has 0 unspecified atom stereocenters. The average Bonchev–Trinajstić information content (AvgIpc) is 1.95. The maximum absolute atomic E-state index is 10.9. The van der Waals surface area contributed by atoms with E-state index in [1.54, 1.807) is 13.8 Å². The van der Waals surface area contributed by atoms with E-state index >= 15 is 0 Å². The number of nitrogens with zero attached hydrogens (tertiary/aromatic N) is 1. The molecule has 2 amide bonds. The van der Waals surface area contributed by atoms with Crippen LogP contribution in [0.4, 0.5) is 4.79 Å². The molecule has 0 aliphatic carbocycles. The van der Waals surface area contributed by atoms with E-state index < -0.39 is 15.9 Å². The van der Waals surface area contributed by atoms with Crippen molar-refractivity contribution < 1.29 is 14.3 Å². The van der Waals surface area contributed by atoms with E-state index in [4.69, 9.17) is 5.53 Å². The fourth-order valence-corrected chi connectivity index (χ4v) is 1.45. The molecule has 1 heterocycles. The molecule has 1 aliphatic heterocycles. The van der Waals surface area contributed by atoms with Crippen molar-refractivity contribution in [2.45, 2.75) is 18.6 Å². The molecule has 4 nitrogen and oxygen atoms in total. The topological polar surface area (TPSA) is 61.0 Å².